The molecule has 1 heterocycles. The first-order valence-electron chi connectivity index (χ1n) is 5.01. The van der Waals surface area contributed by atoms with E-state index in [2.05, 4.69) is 0 Å². The van der Waals surface area contributed by atoms with Gasteiger partial charge in [-0.05, 0) is 31.9 Å². The number of aliphatic hydroxyl groups excluding tert-OH is 1. The molecule has 1 aromatic rings. The van der Waals surface area contributed by atoms with Crippen molar-refractivity contribution in [2.24, 2.45) is 0 Å². The lowest BCUT2D eigenvalue weighted by molar-refractivity contribution is 0.276. The van der Waals surface area contributed by atoms with Gasteiger partial charge in [-0.1, -0.05) is 13.0 Å². The minimum atomic E-state index is -0.342. The SMILES string of the molecule is CCC=C(C)c1oc(=O)c(C)cc1CO. The van der Waals surface area contributed by atoms with Crippen LogP contribution in [0.15, 0.2) is 21.4 Å². The summed E-state index contributed by atoms with van der Waals surface area (Å²) in [6.45, 7) is 5.44. The largest absolute Gasteiger partial charge is 0.423 e. The summed E-state index contributed by atoms with van der Waals surface area (Å²) in [7, 11) is 0. The quantitative estimate of drug-likeness (QED) is 0.828. The Morgan fingerprint density at radius 2 is 2.27 bits per heavy atom. The van der Waals surface area contributed by atoms with E-state index in [-0.39, 0.29) is 12.2 Å². The number of hydrogen-bond acceptors (Lipinski definition) is 3. The molecular formula is C12H16O3. The Bertz CT molecular complexity index is 427. The third-order valence-electron chi connectivity index (χ3n) is 2.24. The second-order valence-corrected chi connectivity index (χ2v) is 3.52. The Balaban J connectivity index is 3.34. The van der Waals surface area contributed by atoms with Crippen molar-refractivity contribution in [2.45, 2.75) is 33.8 Å². The lowest BCUT2D eigenvalue weighted by atomic mass is 10.1. The summed E-state index contributed by atoms with van der Waals surface area (Å²) in [5.74, 6) is 0.495. The molecule has 0 unspecified atom stereocenters. The number of hydrogen-bond donors (Lipinski definition) is 1. The average molecular weight is 208 g/mol. The molecule has 0 aliphatic rings. The van der Waals surface area contributed by atoms with Crippen LogP contribution in [0.1, 0.15) is 37.2 Å². The molecule has 0 aliphatic carbocycles. The third kappa shape index (κ3) is 2.57. The number of rotatable bonds is 3. The van der Waals surface area contributed by atoms with Crippen molar-refractivity contribution in [3.8, 4) is 0 Å². The van der Waals surface area contributed by atoms with E-state index in [4.69, 9.17) is 9.52 Å². The molecule has 0 aliphatic heterocycles. The molecule has 1 N–H and O–H groups in total. The van der Waals surface area contributed by atoms with Crippen molar-refractivity contribution in [1.82, 2.24) is 0 Å². The van der Waals surface area contributed by atoms with Crippen LogP contribution in [0.4, 0.5) is 0 Å². The normalized spacial score (nSPS) is 11.9. The fraction of sp³-hybridized carbons (Fsp3) is 0.417. The Hall–Kier alpha value is -1.35. The van der Waals surface area contributed by atoms with Gasteiger partial charge in [-0.15, -0.1) is 0 Å². The first-order chi connectivity index (χ1) is 7.10. The van der Waals surface area contributed by atoms with Crippen LogP contribution in [0.5, 0.6) is 0 Å². The van der Waals surface area contributed by atoms with E-state index in [1.807, 2.05) is 19.9 Å². The molecule has 0 radical (unpaired) electrons. The van der Waals surface area contributed by atoms with Gasteiger partial charge >= 0.3 is 5.63 Å². The van der Waals surface area contributed by atoms with Crippen molar-refractivity contribution in [2.75, 3.05) is 0 Å². The Morgan fingerprint density at radius 3 is 2.80 bits per heavy atom. The van der Waals surface area contributed by atoms with Crippen LogP contribution in [0.3, 0.4) is 0 Å². The van der Waals surface area contributed by atoms with Crippen LogP contribution >= 0.6 is 0 Å². The van der Waals surface area contributed by atoms with Crippen LogP contribution in [-0.2, 0) is 6.61 Å². The van der Waals surface area contributed by atoms with Gasteiger partial charge in [0.25, 0.3) is 0 Å². The van der Waals surface area contributed by atoms with Gasteiger partial charge in [-0.3, -0.25) is 0 Å². The maximum atomic E-state index is 11.3. The van der Waals surface area contributed by atoms with Crippen molar-refractivity contribution in [1.29, 1.82) is 0 Å². The first-order valence-corrected chi connectivity index (χ1v) is 5.01. The molecule has 15 heavy (non-hydrogen) atoms. The predicted molar refractivity (Wildman–Crippen MR) is 59.6 cm³/mol. The smallest absolute Gasteiger partial charge is 0.339 e. The van der Waals surface area contributed by atoms with Crippen molar-refractivity contribution in [3.63, 3.8) is 0 Å². The van der Waals surface area contributed by atoms with Crippen LogP contribution in [0.2, 0.25) is 0 Å². The molecule has 0 atom stereocenters. The summed E-state index contributed by atoms with van der Waals surface area (Å²) in [6.07, 6.45) is 2.83. The molecule has 0 spiro atoms. The maximum absolute atomic E-state index is 11.3. The molecule has 1 rings (SSSR count). The molecule has 3 nitrogen and oxygen atoms in total. The Labute approximate surface area is 89.1 Å². The molecular weight excluding hydrogens is 192 g/mol. The summed E-state index contributed by atoms with van der Waals surface area (Å²) in [6, 6.07) is 1.67. The summed E-state index contributed by atoms with van der Waals surface area (Å²) in [5.41, 5.74) is 1.73. The summed E-state index contributed by atoms with van der Waals surface area (Å²) in [4.78, 5) is 11.3. The second-order valence-electron chi connectivity index (χ2n) is 3.52. The van der Waals surface area contributed by atoms with E-state index in [0.717, 1.165) is 12.0 Å². The minimum Gasteiger partial charge on any atom is -0.423 e. The summed E-state index contributed by atoms with van der Waals surface area (Å²) in [5, 5.41) is 9.16. The van der Waals surface area contributed by atoms with Gasteiger partial charge in [0.1, 0.15) is 5.76 Å². The standard InChI is InChI=1S/C12H16O3/c1-4-5-8(2)11-10(7-13)6-9(3)12(14)15-11/h5-6,13H,4,7H2,1-3H3. The van der Waals surface area contributed by atoms with Crippen molar-refractivity contribution < 1.29 is 9.52 Å². The van der Waals surface area contributed by atoms with Crippen molar-refractivity contribution >= 4 is 5.57 Å². The van der Waals surface area contributed by atoms with E-state index in [1.54, 1.807) is 13.0 Å². The highest BCUT2D eigenvalue weighted by molar-refractivity contribution is 5.61. The van der Waals surface area contributed by atoms with Gasteiger partial charge in [0.2, 0.25) is 0 Å². The Morgan fingerprint density at radius 1 is 1.60 bits per heavy atom. The fourth-order valence-corrected chi connectivity index (χ4v) is 1.47. The molecule has 0 fully saturated rings. The molecule has 0 saturated heterocycles. The first kappa shape index (κ1) is 11.7. The number of aryl methyl sites for hydroxylation is 1. The lowest BCUT2D eigenvalue weighted by Gasteiger charge is -2.06. The predicted octanol–water partition coefficient (Wildman–Crippen LogP) is 2.25. The van der Waals surface area contributed by atoms with Crippen LogP contribution in [0, 0.1) is 6.92 Å². The van der Waals surface area contributed by atoms with Crippen LogP contribution in [-0.4, -0.2) is 5.11 Å². The molecule has 0 aromatic carbocycles. The number of allylic oxidation sites excluding steroid dienone is 2. The Kier molecular flexibility index (Phi) is 3.86. The zero-order chi connectivity index (χ0) is 11.4. The maximum Gasteiger partial charge on any atom is 0.339 e. The van der Waals surface area contributed by atoms with Gasteiger partial charge in [0.05, 0.1) is 6.61 Å². The minimum absolute atomic E-state index is 0.116. The lowest BCUT2D eigenvalue weighted by Crippen LogP contribution is -2.07. The topological polar surface area (TPSA) is 50.4 Å². The number of aliphatic hydroxyl groups is 1. The zero-order valence-corrected chi connectivity index (χ0v) is 9.33. The van der Waals surface area contributed by atoms with Gasteiger partial charge in [-0.25, -0.2) is 4.79 Å². The highest BCUT2D eigenvalue weighted by Crippen LogP contribution is 2.18. The van der Waals surface area contributed by atoms with Crippen molar-refractivity contribution in [3.05, 3.63) is 39.4 Å². The molecule has 82 valence electrons. The molecule has 0 saturated carbocycles. The van der Waals surface area contributed by atoms with E-state index in [0.29, 0.717) is 16.9 Å². The van der Waals surface area contributed by atoms with E-state index < -0.39 is 0 Å². The van der Waals surface area contributed by atoms with E-state index in [9.17, 15) is 4.79 Å². The highest BCUT2D eigenvalue weighted by atomic mass is 16.4. The van der Waals surface area contributed by atoms with Crippen LogP contribution < -0.4 is 5.63 Å². The van der Waals surface area contributed by atoms with E-state index >= 15 is 0 Å². The van der Waals surface area contributed by atoms with Gasteiger partial charge in [0, 0.05) is 11.1 Å². The third-order valence-corrected chi connectivity index (χ3v) is 2.24. The fourth-order valence-electron chi connectivity index (χ4n) is 1.47. The van der Waals surface area contributed by atoms with E-state index in [1.165, 1.54) is 0 Å². The van der Waals surface area contributed by atoms with Gasteiger partial charge < -0.3 is 9.52 Å². The molecule has 0 amide bonds. The molecule has 0 bridgehead atoms. The zero-order valence-electron chi connectivity index (χ0n) is 9.33. The average Bonchev–Trinajstić information content (AvgIpc) is 2.21. The van der Waals surface area contributed by atoms with Crippen LogP contribution in [0.25, 0.3) is 5.57 Å². The molecule has 1 aromatic heterocycles. The van der Waals surface area contributed by atoms with Gasteiger partial charge in [0.15, 0.2) is 0 Å². The highest BCUT2D eigenvalue weighted by Gasteiger charge is 2.09. The monoisotopic (exact) mass is 208 g/mol. The molecule has 3 heteroatoms. The summed E-state index contributed by atoms with van der Waals surface area (Å²) >= 11 is 0. The summed E-state index contributed by atoms with van der Waals surface area (Å²) < 4.78 is 5.16. The second kappa shape index (κ2) is 4.94. The van der Waals surface area contributed by atoms with Gasteiger partial charge in [-0.2, -0.15) is 0 Å².